The second-order valence-corrected chi connectivity index (χ2v) is 4.72. The number of nitrogens with two attached hydrogens (primary N) is 1. The highest BCUT2D eigenvalue weighted by atomic mass is 16.2. The molecule has 0 aromatic heterocycles. The molecule has 0 bridgehead atoms. The van der Waals surface area contributed by atoms with Crippen molar-refractivity contribution in [3.63, 3.8) is 0 Å². The van der Waals surface area contributed by atoms with E-state index in [2.05, 4.69) is 26.1 Å². The molecule has 0 radical (unpaired) electrons. The molecule has 1 unspecified atom stereocenters. The monoisotopic (exact) mass is 198 g/mol. The normalized spacial score (nSPS) is 20.6. The number of nitrogens with one attached hydrogen (secondary N) is 1. The summed E-state index contributed by atoms with van der Waals surface area (Å²) < 4.78 is 0. The van der Waals surface area contributed by atoms with E-state index in [-0.39, 0.29) is 11.3 Å². The van der Waals surface area contributed by atoms with Gasteiger partial charge in [-0.25, -0.2) is 0 Å². The fourth-order valence-electron chi connectivity index (χ4n) is 1.74. The van der Waals surface area contributed by atoms with Crippen molar-refractivity contribution in [1.82, 2.24) is 5.32 Å². The van der Waals surface area contributed by atoms with Crippen LogP contribution in [-0.4, -0.2) is 18.5 Å². The van der Waals surface area contributed by atoms with Crippen LogP contribution in [0.3, 0.4) is 0 Å². The van der Waals surface area contributed by atoms with E-state index in [1.165, 1.54) is 0 Å². The molecule has 1 aliphatic rings. The second kappa shape index (κ2) is 4.30. The van der Waals surface area contributed by atoms with E-state index in [1.807, 2.05) is 0 Å². The molecule has 0 saturated heterocycles. The Bertz CT molecular complexity index is 209. The van der Waals surface area contributed by atoms with Gasteiger partial charge in [-0.3, -0.25) is 4.79 Å². The van der Waals surface area contributed by atoms with Crippen LogP contribution in [0.2, 0.25) is 0 Å². The van der Waals surface area contributed by atoms with Gasteiger partial charge in [0, 0.05) is 12.6 Å². The standard InChI is InChI=1S/C11H22N2O/c1-4-9(8(2)3)13-10(14)11(7-12)5-6-11/h8-9H,4-7,12H2,1-3H3,(H,13,14). The quantitative estimate of drug-likeness (QED) is 0.699. The van der Waals surface area contributed by atoms with Gasteiger partial charge in [-0.15, -0.1) is 0 Å². The van der Waals surface area contributed by atoms with Gasteiger partial charge >= 0.3 is 0 Å². The Morgan fingerprint density at radius 3 is 2.36 bits per heavy atom. The molecular weight excluding hydrogens is 176 g/mol. The molecule has 0 aromatic carbocycles. The number of carbonyl (C=O) groups excluding carboxylic acids is 1. The minimum absolute atomic E-state index is 0.167. The third-order valence-corrected chi connectivity index (χ3v) is 3.29. The molecule has 1 aliphatic carbocycles. The van der Waals surface area contributed by atoms with Crippen molar-refractivity contribution in [3.05, 3.63) is 0 Å². The molecular formula is C11H22N2O. The van der Waals surface area contributed by atoms with Crippen molar-refractivity contribution < 1.29 is 4.79 Å². The molecule has 0 spiro atoms. The Kier molecular flexibility index (Phi) is 3.53. The number of carbonyl (C=O) groups is 1. The van der Waals surface area contributed by atoms with Crippen LogP contribution in [0.5, 0.6) is 0 Å². The molecule has 1 rings (SSSR count). The lowest BCUT2D eigenvalue weighted by Gasteiger charge is -2.23. The van der Waals surface area contributed by atoms with Gasteiger partial charge in [0.25, 0.3) is 0 Å². The zero-order valence-corrected chi connectivity index (χ0v) is 9.47. The number of hydrogen-bond acceptors (Lipinski definition) is 2. The fraction of sp³-hybridized carbons (Fsp3) is 0.909. The van der Waals surface area contributed by atoms with Gasteiger partial charge < -0.3 is 11.1 Å². The molecule has 3 heteroatoms. The summed E-state index contributed by atoms with van der Waals surface area (Å²) in [5.41, 5.74) is 5.40. The summed E-state index contributed by atoms with van der Waals surface area (Å²) in [6.07, 6.45) is 2.91. The van der Waals surface area contributed by atoms with Crippen LogP contribution in [0.25, 0.3) is 0 Å². The van der Waals surface area contributed by atoms with E-state index in [9.17, 15) is 4.79 Å². The predicted octanol–water partition coefficient (Wildman–Crippen LogP) is 1.28. The third-order valence-electron chi connectivity index (χ3n) is 3.29. The Morgan fingerprint density at radius 1 is 1.50 bits per heavy atom. The third kappa shape index (κ3) is 2.27. The summed E-state index contributed by atoms with van der Waals surface area (Å²) in [5.74, 6) is 0.665. The van der Waals surface area contributed by atoms with Crippen molar-refractivity contribution in [3.8, 4) is 0 Å². The van der Waals surface area contributed by atoms with Crippen LogP contribution < -0.4 is 11.1 Å². The maximum Gasteiger partial charge on any atom is 0.227 e. The van der Waals surface area contributed by atoms with Gasteiger partial charge in [-0.05, 0) is 25.2 Å². The topological polar surface area (TPSA) is 55.1 Å². The first-order chi connectivity index (χ1) is 6.55. The average molecular weight is 198 g/mol. The van der Waals surface area contributed by atoms with E-state index in [0.717, 1.165) is 19.3 Å². The van der Waals surface area contributed by atoms with Gasteiger partial charge in [-0.1, -0.05) is 20.8 Å². The Balaban J connectivity index is 2.47. The summed E-state index contributed by atoms with van der Waals surface area (Å²) in [6.45, 7) is 6.87. The van der Waals surface area contributed by atoms with E-state index >= 15 is 0 Å². The fourth-order valence-corrected chi connectivity index (χ4v) is 1.74. The van der Waals surface area contributed by atoms with Crippen molar-refractivity contribution in [2.75, 3.05) is 6.54 Å². The van der Waals surface area contributed by atoms with E-state index in [0.29, 0.717) is 18.5 Å². The van der Waals surface area contributed by atoms with Crippen LogP contribution in [0, 0.1) is 11.3 Å². The Morgan fingerprint density at radius 2 is 2.07 bits per heavy atom. The molecule has 14 heavy (non-hydrogen) atoms. The molecule has 3 N–H and O–H groups in total. The van der Waals surface area contributed by atoms with Crippen LogP contribution in [0.4, 0.5) is 0 Å². The number of amides is 1. The van der Waals surface area contributed by atoms with Gasteiger partial charge in [0.05, 0.1) is 5.41 Å². The Labute approximate surface area is 86.4 Å². The summed E-state index contributed by atoms with van der Waals surface area (Å²) in [5, 5.41) is 3.10. The highest BCUT2D eigenvalue weighted by Gasteiger charge is 2.48. The lowest BCUT2D eigenvalue weighted by molar-refractivity contribution is -0.127. The second-order valence-electron chi connectivity index (χ2n) is 4.72. The van der Waals surface area contributed by atoms with Crippen LogP contribution in [0.1, 0.15) is 40.0 Å². The summed E-state index contributed by atoms with van der Waals surface area (Å²) >= 11 is 0. The molecule has 1 atom stereocenters. The maximum atomic E-state index is 11.8. The van der Waals surface area contributed by atoms with Crippen molar-refractivity contribution >= 4 is 5.91 Å². The van der Waals surface area contributed by atoms with E-state index < -0.39 is 0 Å². The van der Waals surface area contributed by atoms with Crippen molar-refractivity contribution in [1.29, 1.82) is 0 Å². The van der Waals surface area contributed by atoms with Crippen molar-refractivity contribution in [2.24, 2.45) is 17.1 Å². The maximum absolute atomic E-state index is 11.8. The first-order valence-corrected chi connectivity index (χ1v) is 5.57. The molecule has 0 aliphatic heterocycles. The van der Waals surface area contributed by atoms with Gasteiger partial charge in [0.2, 0.25) is 5.91 Å². The molecule has 1 amide bonds. The minimum atomic E-state index is -0.206. The summed E-state index contributed by atoms with van der Waals surface area (Å²) in [7, 11) is 0. The first kappa shape index (κ1) is 11.5. The summed E-state index contributed by atoms with van der Waals surface area (Å²) in [4.78, 5) is 11.8. The molecule has 82 valence electrons. The average Bonchev–Trinajstić information content (AvgIpc) is 2.93. The van der Waals surface area contributed by atoms with Crippen LogP contribution in [-0.2, 0) is 4.79 Å². The zero-order valence-electron chi connectivity index (χ0n) is 9.47. The SMILES string of the molecule is CCC(NC(=O)C1(CN)CC1)C(C)C. The molecule has 1 fully saturated rings. The first-order valence-electron chi connectivity index (χ1n) is 5.57. The molecule has 1 saturated carbocycles. The molecule has 3 nitrogen and oxygen atoms in total. The van der Waals surface area contributed by atoms with Crippen molar-refractivity contribution in [2.45, 2.75) is 46.1 Å². The zero-order chi connectivity index (χ0) is 10.8. The minimum Gasteiger partial charge on any atom is -0.353 e. The number of rotatable bonds is 5. The van der Waals surface area contributed by atoms with Gasteiger partial charge in [-0.2, -0.15) is 0 Å². The van der Waals surface area contributed by atoms with Crippen LogP contribution in [0.15, 0.2) is 0 Å². The van der Waals surface area contributed by atoms with Gasteiger partial charge in [0.15, 0.2) is 0 Å². The lowest BCUT2D eigenvalue weighted by atomic mass is 9.99. The highest BCUT2D eigenvalue weighted by Crippen LogP contribution is 2.44. The molecule has 0 aromatic rings. The van der Waals surface area contributed by atoms with E-state index in [4.69, 9.17) is 5.73 Å². The van der Waals surface area contributed by atoms with Crippen LogP contribution >= 0.6 is 0 Å². The Hall–Kier alpha value is -0.570. The smallest absolute Gasteiger partial charge is 0.227 e. The highest BCUT2D eigenvalue weighted by molar-refractivity contribution is 5.85. The van der Waals surface area contributed by atoms with E-state index in [1.54, 1.807) is 0 Å². The largest absolute Gasteiger partial charge is 0.353 e. The molecule has 0 heterocycles. The van der Waals surface area contributed by atoms with Gasteiger partial charge in [0.1, 0.15) is 0 Å². The predicted molar refractivity (Wildman–Crippen MR) is 57.8 cm³/mol. The number of hydrogen-bond donors (Lipinski definition) is 2. The summed E-state index contributed by atoms with van der Waals surface area (Å²) in [6, 6.07) is 0.298. The lowest BCUT2D eigenvalue weighted by Crippen LogP contribution is -2.44.